The molecule has 2 heterocycles. The van der Waals surface area contributed by atoms with Crippen LogP contribution in [0.1, 0.15) is 17.9 Å². The molecule has 2 aliphatic rings. The molecule has 1 fully saturated rings. The number of carboxylic acids is 1. The van der Waals surface area contributed by atoms with Gasteiger partial charge in [-0.3, -0.25) is 9.69 Å². The number of ether oxygens (including phenoxy) is 1. The number of morpholine rings is 1. The van der Waals surface area contributed by atoms with Gasteiger partial charge in [-0.25, -0.2) is 0 Å². The Bertz CT molecular complexity index is 500. The molecule has 1 saturated heterocycles. The van der Waals surface area contributed by atoms with Crippen molar-refractivity contribution >= 4 is 11.7 Å². The smallest absolute Gasteiger partial charge is 0.304 e. The molecule has 21 heavy (non-hydrogen) atoms. The number of aliphatic carboxylic acids is 1. The maximum atomic E-state index is 11.0. The van der Waals surface area contributed by atoms with E-state index in [0.29, 0.717) is 0 Å². The van der Waals surface area contributed by atoms with Gasteiger partial charge in [-0.2, -0.15) is 0 Å². The third-order valence-corrected chi connectivity index (χ3v) is 4.37. The Hall–Kier alpha value is -1.59. The number of carbonyl (C=O) groups is 1. The predicted molar refractivity (Wildman–Crippen MR) is 80.9 cm³/mol. The van der Waals surface area contributed by atoms with Gasteiger partial charge in [-0.05, 0) is 11.6 Å². The second-order valence-electron chi connectivity index (χ2n) is 5.75. The van der Waals surface area contributed by atoms with Crippen LogP contribution in [0.15, 0.2) is 24.3 Å². The molecule has 3 rings (SSSR count). The quantitative estimate of drug-likeness (QED) is 0.888. The number of hydrogen-bond donors (Lipinski definition) is 1. The van der Waals surface area contributed by atoms with Crippen molar-refractivity contribution in [2.75, 3.05) is 50.8 Å². The summed E-state index contributed by atoms with van der Waals surface area (Å²) in [5.74, 6) is -0.603. The van der Waals surface area contributed by atoms with Crippen LogP contribution < -0.4 is 4.90 Å². The van der Waals surface area contributed by atoms with Gasteiger partial charge < -0.3 is 14.7 Å². The van der Waals surface area contributed by atoms with Crippen LogP contribution in [0, 0.1) is 0 Å². The molecular formula is C16H22N2O3. The van der Waals surface area contributed by atoms with Gasteiger partial charge in [-0.1, -0.05) is 18.2 Å². The minimum absolute atomic E-state index is 0.114. The topological polar surface area (TPSA) is 53.0 Å². The molecule has 0 spiro atoms. The standard InChI is InChI=1S/C16H22N2O3/c19-16(20)11-13-12-18(15-4-2-1-3-14(13)15)6-5-17-7-9-21-10-8-17/h1-4,13H,5-12H2,(H,19,20). The summed E-state index contributed by atoms with van der Waals surface area (Å²) in [4.78, 5) is 15.8. The van der Waals surface area contributed by atoms with E-state index in [1.54, 1.807) is 0 Å². The SMILES string of the molecule is O=C(O)CC1CN(CCN2CCOCC2)c2ccccc21. The van der Waals surface area contributed by atoms with E-state index in [0.717, 1.165) is 45.9 Å². The molecule has 114 valence electrons. The zero-order chi connectivity index (χ0) is 14.7. The molecule has 0 radical (unpaired) electrons. The minimum atomic E-state index is -0.718. The summed E-state index contributed by atoms with van der Waals surface area (Å²) in [6, 6.07) is 8.21. The van der Waals surface area contributed by atoms with E-state index in [2.05, 4.69) is 21.9 Å². The van der Waals surface area contributed by atoms with Crippen LogP contribution >= 0.6 is 0 Å². The van der Waals surface area contributed by atoms with Crippen LogP contribution in [0.3, 0.4) is 0 Å². The van der Waals surface area contributed by atoms with E-state index in [-0.39, 0.29) is 12.3 Å². The second kappa shape index (κ2) is 6.45. The van der Waals surface area contributed by atoms with E-state index >= 15 is 0 Å². The first-order valence-electron chi connectivity index (χ1n) is 7.60. The van der Waals surface area contributed by atoms with Gasteiger partial charge in [0.05, 0.1) is 19.6 Å². The molecule has 0 amide bonds. The minimum Gasteiger partial charge on any atom is -0.481 e. The summed E-state index contributed by atoms with van der Waals surface area (Å²) in [5, 5.41) is 9.08. The zero-order valence-electron chi connectivity index (χ0n) is 12.2. The summed E-state index contributed by atoms with van der Waals surface area (Å²) in [7, 11) is 0. The van der Waals surface area contributed by atoms with E-state index < -0.39 is 5.97 Å². The van der Waals surface area contributed by atoms with Crippen LogP contribution in [0.4, 0.5) is 5.69 Å². The van der Waals surface area contributed by atoms with E-state index in [1.807, 2.05) is 12.1 Å². The Labute approximate surface area is 125 Å². The van der Waals surface area contributed by atoms with Crippen molar-refractivity contribution in [1.82, 2.24) is 4.90 Å². The zero-order valence-corrected chi connectivity index (χ0v) is 12.2. The number of anilines is 1. The van der Waals surface area contributed by atoms with Crippen molar-refractivity contribution in [1.29, 1.82) is 0 Å². The maximum Gasteiger partial charge on any atom is 0.304 e. The Morgan fingerprint density at radius 2 is 2.00 bits per heavy atom. The summed E-state index contributed by atoms with van der Waals surface area (Å²) in [6.45, 7) is 6.40. The fraction of sp³-hybridized carbons (Fsp3) is 0.562. The highest BCUT2D eigenvalue weighted by molar-refractivity contribution is 5.71. The van der Waals surface area contributed by atoms with Gasteiger partial charge in [0.15, 0.2) is 0 Å². The molecule has 5 nitrogen and oxygen atoms in total. The van der Waals surface area contributed by atoms with Gasteiger partial charge in [0, 0.05) is 44.3 Å². The van der Waals surface area contributed by atoms with Gasteiger partial charge in [0.1, 0.15) is 0 Å². The molecule has 5 heteroatoms. The average Bonchev–Trinajstić information content (AvgIpc) is 2.84. The Morgan fingerprint density at radius 1 is 1.24 bits per heavy atom. The van der Waals surface area contributed by atoms with Crippen molar-refractivity contribution in [3.63, 3.8) is 0 Å². The Morgan fingerprint density at radius 3 is 2.76 bits per heavy atom. The molecule has 0 aromatic heterocycles. The fourth-order valence-electron chi connectivity index (χ4n) is 3.27. The monoisotopic (exact) mass is 290 g/mol. The van der Waals surface area contributed by atoms with Crippen LogP contribution in [0.25, 0.3) is 0 Å². The number of fused-ring (bicyclic) bond motifs is 1. The summed E-state index contributed by atoms with van der Waals surface area (Å²) in [5.41, 5.74) is 2.39. The highest BCUT2D eigenvalue weighted by Gasteiger charge is 2.29. The van der Waals surface area contributed by atoms with Crippen LogP contribution in [-0.4, -0.2) is 61.9 Å². The molecule has 0 aliphatic carbocycles. The lowest BCUT2D eigenvalue weighted by Crippen LogP contribution is -2.41. The molecule has 0 bridgehead atoms. The average molecular weight is 290 g/mol. The summed E-state index contributed by atoms with van der Waals surface area (Å²) >= 11 is 0. The predicted octanol–water partition coefficient (Wildman–Crippen LogP) is 1.40. The molecule has 1 N–H and O–H groups in total. The first-order valence-corrected chi connectivity index (χ1v) is 7.60. The fourth-order valence-corrected chi connectivity index (χ4v) is 3.27. The summed E-state index contributed by atoms with van der Waals surface area (Å²) in [6.07, 6.45) is 0.213. The first-order chi connectivity index (χ1) is 10.2. The van der Waals surface area contributed by atoms with Crippen LogP contribution in [-0.2, 0) is 9.53 Å². The third kappa shape index (κ3) is 3.36. The number of benzene rings is 1. The molecule has 0 saturated carbocycles. The first kappa shape index (κ1) is 14.4. The van der Waals surface area contributed by atoms with Crippen molar-refractivity contribution in [2.24, 2.45) is 0 Å². The number of para-hydroxylation sites is 1. The van der Waals surface area contributed by atoms with Gasteiger partial charge >= 0.3 is 5.97 Å². The number of rotatable bonds is 5. The number of nitrogens with zero attached hydrogens (tertiary/aromatic N) is 2. The lowest BCUT2D eigenvalue weighted by atomic mass is 9.98. The van der Waals surface area contributed by atoms with Crippen LogP contribution in [0.5, 0.6) is 0 Å². The van der Waals surface area contributed by atoms with Gasteiger partial charge in [0.2, 0.25) is 0 Å². The number of hydrogen-bond acceptors (Lipinski definition) is 4. The van der Waals surface area contributed by atoms with Crippen LogP contribution in [0.2, 0.25) is 0 Å². The van der Waals surface area contributed by atoms with E-state index in [4.69, 9.17) is 9.84 Å². The third-order valence-electron chi connectivity index (χ3n) is 4.37. The van der Waals surface area contributed by atoms with E-state index in [9.17, 15) is 4.79 Å². The van der Waals surface area contributed by atoms with Crippen molar-refractivity contribution in [3.8, 4) is 0 Å². The summed E-state index contributed by atoms with van der Waals surface area (Å²) < 4.78 is 5.37. The molecule has 1 aromatic carbocycles. The molecular weight excluding hydrogens is 268 g/mol. The lowest BCUT2D eigenvalue weighted by molar-refractivity contribution is -0.137. The normalized spacial score (nSPS) is 22.3. The highest BCUT2D eigenvalue weighted by Crippen LogP contribution is 2.37. The largest absolute Gasteiger partial charge is 0.481 e. The van der Waals surface area contributed by atoms with Gasteiger partial charge in [-0.15, -0.1) is 0 Å². The molecule has 2 aliphatic heterocycles. The maximum absolute atomic E-state index is 11.0. The van der Waals surface area contributed by atoms with Crippen molar-refractivity contribution < 1.29 is 14.6 Å². The highest BCUT2D eigenvalue weighted by atomic mass is 16.5. The molecule has 1 atom stereocenters. The Kier molecular flexibility index (Phi) is 4.41. The lowest BCUT2D eigenvalue weighted by Gasteiger charge is -2.29. The van der Waals surface area contributed by atoms with Crippen molar-refractivity contribution in [2.45, 2.75) is 12.3 Å². The van der Waals surface area contributed by atoms with Gasteiger partial charge in [0.25, 0.3) is 0 Å². The molecule has 1 aromatic rings. The van der Waals surface area contributed by atoms with E-state index in [1.165, 1.54) is 11.3 Å². The van der Waals surface area contributed by atoms with Crippen molar-refractivity contribution in [3.05, 3.63) is 29.8 Å². The Balaban J connectivity index is 1.64. The molecule has 1 unspecified atom stereocenters. The second-order valence-corrected chi connectivity index (χ2v) is 5.75. The number of carboxylic acid groups (broad SMARTS) is 1.